The molecule has 0 saturated carbocycles. The summed E-state index contributed by atoms with van der Waals surface area (Å²) in [6.45, 7) is 7.06. The van der Waals surface area contributed by atoms with Gasteiger partial charge in [0.2, 0.25) is 0 Å². The predicted octanol–water partition coefficient (Wildman–Crippen LogP) is 4.57. The molecule has 10 heteroatoms. The van der Waals surface area contributed by atoms with Crippen LogP contribution in [0.3, 0.4) is 0 Å². The van der Waals surface area contributed by atoms with Gasteiger partial charge >= 0.3 is 11.9 Å². The van der Waals surface area contributed by atoms with E-state index in [4.69, 9.17) is 31.3 Å². The standard InChI is InChI=1S/C24H29ClN2O2S.C4H4O4/c25-19-6-7-23-20(17-19)21(16-18-4-1-2-5-22(18)30-23)27-12-10-26(11-13-27)9-8-24-28-14-3-15-29-24;5-3(6)1-2-4(7)8/h1-2,4-7,17,21,24H,3,8-16H2;1-2H,(H,5,6)(H,7,8)/b;2-1-. The average molecular weight is 561 g/mol. The maximum absolute atomic E-state index is 9.55. The second-order valence-electron chi connectivity index (χ2n) is 9.31. The zero-order valence-electron chi connectivity index (χ0n) is 21.1. The lowest BCUT2D eigenvalue weighted by atomic mass is 9.96. The number of hydrogen-bond acceptors (Lipinski definition) is 7. The summed E-state index contributed by atoms with van der Waals surface area (Å²) in [5.41, 5.74) is 2.81. The number of nitrogens with zero attached hydrogens (tertiary/aromatic N) is 2. The van der Waals surface area contributed by atoms with E-state index >= 15 is 0 Å². The van der Waals surface area contributed by atoms with Crippen LogP contribution in [0.1, 0.15) is 30.0 Å². The van der Waals surface area contributed by atoms with Crippen LogP contribution in [0.5, 0.6) is 0 Å². The molecule has 0 spiro atoms. The van der Waals surface area contributed by atoms with Crippen LogP contribution in [0.2, 0.25) is 5.02 Å². The minimum absolute atomic E-state index is 0.0128. The second kappa shape index (κ2) is 14.1. The molecule has 1 atom stereocenters. The molecular formula is C28H33ClN2O6S. The fourth-order valence-corrected chi connectivity index (χ4v) is 6.14. The van der Waals surface area contributed by atoms with E-state index in [9.17, 15) is 9.59 Å². The lowest BCUT2D eigenvalue weighted by molar-refractivity contribution is -0.183. The molecule has 0 aromatic heterocycles. The summed E-state index contributed by atoms with van der Waals surface area (Å²) >= 11 is 8.30. The van der Waals surface area contributed by atoms with Crippen molar-refractivity contribution >= 4 is 35.3 Å². The number of carbonyl (C=O) groups is 2. The molecule has 5 rings (SSSR count). The number of halogens is 1. The number of carboxylic acids is 2. The van der Waals surface area contributed by atoms with Gasteiger partial charge in [0.1, 0.15) is 0 Å². The molecule has 2 fully saturated rings. The van der Waals surface area contributed by atoms with E-state index in [0.717, 1.165) is 70.2 Å². The first-order chi connectivity index (χ1) is 18.4. The number of piperazine rings is 1. The molecule has 0 amide bonds. The lowest BCUT2D eigenvalue weighted by Crippen LogP contribution is -2.48. The number of aliphatic carboxylic acids is 2. The van der Waals surface area contributed by atoms with Crippen molar-refractivity contribution in [1.29, 1.82) is 0 Å². The minimum Gasteiger partial charge on any atom is -0.478 e. The number of benzene rings is 2. The summed E-state index contributed by atoms with van der Waals surface area (Å²) in [6.07, 6.45) is 4.13. The van der Waals surface area contributed by atoms with E-state index in [2.05, 4.69) is 46.2 Å². The van der Waals surface area contributed by atoms with Gasteiger partial charge < -0.3 is 24.6 Å². The van der Waals surface area contributed by atoms with E-state index in [1.807, 2.05) is 17.8 Å². The Bertz CT molecular complexity index is 1120. The maximum atomic E-state index is 9.55. The topological polar surface area (TPSA) is 99.5 Å². The van der Waals surface area contributed by atoms with Gasteiger partial charge in [0.05, 0.1) is 13.2 Å². The molecule has 3 aliphatic rings. The van der Waals surface area contributed by atoms with Crippen LogP contribution in [-0.4, -0.2) is 84.2 Å². The van der Waals surface area contributed by atoms with E-state index in [0.29, 0.717) is 18.2 Å². The van der Waals surface area contributed by atoms with Crippen molar-refractivity contribution in [2.75, 3.05) is 45.9 Å². The summed E-state index contributed by atoms with van der Waals surface area (Å²) in [4.78, 5) is 27.0. The third kappa shape index (κ3) is 8.30. The van der Waals surface area contributed by atoms with Crippen molar-refractivity contribution in [2.24, 2.45) is 0 Å². The Kier molecular flexibility index (Phi) is 10.6. The summed E-state index contributed by atoms with van der Waals surface area (Å²) in [7, 11) is 0. The summed E-state index contributed by atoms with van der Waals surface area (Å²) in [6, 6.07) is 15.6. The highest BCUT2D eigenvalue weighted by Crippen LogP contribution is 2.43. The number of fused-ring (bicyclic) bond motifs is 2. The van der Waals surface area contributed by atoms with Gasteiger partial charge in [-0.25, -0.2) is 9.59 Å². The van der Waals surface area contributed by atoms with Gasteiger partial charge in [-0.05, 0) is 48.2 Å². The molecule has 1 unspecified atom stereocenters. The molecule has 2 N–H and O–H groups in total. The van der Waals surface area contributed by atoms with Crippen LogP contribution < -0.4 is 0 Å². The Morgan fingerprint density at radius 2 is 1.66 bits per heavy atom. The van der Waals surface area contributed by atoms with Crippen LogP contribution >= 0.6 is 23.4 Å². The zero-order chi connectivity index (χ0) is 26.9. The fraction of sp³-hybridized carbons (Fsp3) is 0.429. The van der Waals surface area contributed by atoms with E-state index in [1.165, 1.54) is 20.9 Å². The van der Waals surface area contributed by atoms with Crippen molar-refractivity contribution in [3.8, 4) is 0 Å². The monoisotopic (exact) mass is 560 g/mol. The first-order valence-electron chi connectivity index (χ1n) is 12.8. The fourth-order valence-electron chi connectivity index (χ4n) is 4.84. The Morgan fingerprint density at radius 3 is 2.34 bits per heavy atom. The van der Waals surface area contributed by atoms with Gasteiger partial charge in [0, 0.05) is 72.2 Å². The minimum atomic E-state index is -1.26. The first-order valence-corrected chi connectivity index (χ1v) is 14.0. The van der Waals surface area contributed by atoms with Crippen LogP contribution in [-0.2, 0) is 25.5 Å². The first kappa shape index (κ1) is 28.6. The molecule has 204 valence electrons. The van der Waals surface area contributed by atoms with Crippen molar-refractivity contribution in [3.63, 3.8) is 0 Å². The van der Waals surface area contributed by atoms with Crippen molar-refractivity contribution < 1.29 is 29.3 Å². The van der Waals surface area contributed by atoms with Crippen LogP contribution in [0.4, 0.5) is 0 Å². The third-order valence-electron chi connectivity index (χ3n) is 6.73. The predicted molar refractivity (Wildman–Crippen MR) is 146 cm³/mol. The largest absolute Gasteiger partial charge is 0.478 e. The van der Waals surface area contributed by atoms with Gasteiger partial charge in [0.25, 0.3) is 0 Å². The second-order valence-corrected chi connectivity index (χ2v) is 10.8. The van der Waals surface area contributed by atoms with E-state index in [1.54, 1.807) is 0 Å². The van der Waals surface area contributed by atoms with Crippen molar-refractivity contribution in [3.05, 3.63) is 70.8 Å². The Hall–Kier alpha value is -2.40. The Labute approximate surface area is 232 Å². The van der Waals surface area contributed by atoms with Gasteiger partial charge in [0.15, 0.2) is 6.29 Å². The van der Waals surface area contributed by atoms with Crippen LogP contribution in [0.25, 0.3) is 0 Å². The molecule has 2 aromatic rings. The molecular weight excluding hydrogens is 528 g/mol. The highest BCUT2D eigenvalue weighted by atomic mass is 35.5. The van der Waals surface area contributed by atoms with Gasteiger partial charge in [-0.15, -0.1) is 0 Å². The Balaban J connectivity index is 0.000000368. The number of rotatable bonds is 6. The van der Waals surface area contributed by atoms with Crippen LogP contribution in [0, 0.1) is 0 Å². The molecule has 8 nitrogen and oxygen atoms in total. The molecule has 0 bridgehead atoms. The van der Waals surface area contributed by atoms with Gasteiger partial charge in [-0.3, -0.25) is 4.90 Å². The van der Waals surface area contributed by atoms with Gasteiger partial charge in [-0.1, -0.05) is 41.6 Å². The van der Waals surface area contributed by atoms with Gasteiger partial charge in [-0.2, -0.15) is 0 Å². The molecule has 3 aliphatic heterocycles. The normalized spacial score (nSPS) is 20.6. The number of carboxylic acid groups (broad SMARTS) is 2. The highest BCUT2D eigenvalue weighted by Gasteiger charge is 2.30. The molecule has 2 saturated heterocycles. The molecule has 0 radical (unpaired) electrons. The van der Waals surface area contributed by atoms with Crippen molar-refractivity contribution in [1.82, 2.24) is 9.80 Å². The Morgan fingerprint density at radius 1 is 0.974 bits per heavy atom. The van der Waals surface area contributed by atoms with E-state index in [-0.39, 0.29) is 6.29 Å². The summed E-state index contributed by atoms with van der Waals surface area (Å²) < 4.78 is 11.4. The van der Waals surface area contributed by atoms with Crippen molar-refractivity contribution in [2.45, 2.75) is 41.4 Å². The molecule has 2 aromatic carbocycles. The quantitative estimate of drug-likeness (QED) is 0.492. The maximum Gasteiger partial charge on any atom is 0.328 e. The zero-order valence-corrected chi connectivity index (χ0v) is 22.7. The SMILES string of the molecule is Clc1ccc2c(c1)C(N1CCN(CCC3OCCCO3)CC1)Cc1ccccc1S2.O=C(O)/C=C\C(=O)O. The smallest absolute Gasteiger partial charge is 0.328 e. The molecule has 38 heavy (non-hydrogen) atoms. The molecule has 3 heterocycles. The number of ether oxygens (including phenoxy) is 2. The molecule has 0 aliphatic carbocycles. The summed E-state index contributed by atoms with van der Waals surface area (Å²) in [5, 5.41) is 16.5. The number of hydrogen-bond donors (Lipinski definition) is 2. The lowest BCUT2D eigenvalue weighted by Gasteiger charge is -2.40. The summed E-state index contributed by atoms with van der Waals surface area (Å²) in [5.74, 6) is -2.51. The average Bonchev–Trinajstić information content (AvgIpc) is 3.08. The van der Waals surface area contributed by atoms with Crippen LogP contribution in [0.15, 0.2) is 64.4 Å². The van der Waals surface area contributed by atoms with E-state index < -0.39 is 11.9 Å². The highest BCUT2D eigenvalue weighted by molar-refractivity contribution is 7.99. The third-order valence-corrected chi connectivity index (χ3v) is 8.17.